The van der Waals surface area contributed by atoms with Crippen LogP contribution in [0, 0.1) is 19.8 Å². The summed E-state index contributed by atoms with van der Waals surface area (Å²) in [5.41, 5.74) is 2.25. The Kier molecular flexibility index (Phi) is 6.96. The van der Waals surface area contributed by atoms with E-state index < -0.39 is 12.0 Å². The van der Waals surface area contributed by atoms with Crippen molar-refractivity contribution >= 4 is 17.7 Å². The molecule has 0 aliphatic rings. The molecule has 0 saturated carbocycles. The number of esters is 1. The van der Waals surface area contributed by atoms with Crippen molar-refractivity contribution in [1.82, 2.24) is 9.47 Å². The molecule has 25 heavy (non-hydrogen) atoms. The third-order valence-corrected chi connectivity index (χ3v) is 4.60. The van der Waals surface area contributed by atoms with Gasteiger partial charge in [0.05, 0.1) is 12.6 Å². The zero-order valence-corrected chi connectivity index (χ0v) is 16.6. The maximum atomic E-state index is 13.1. The summed E-state index contributed by atoms with van der Waals surface area (Å²) < 4.78 is 6.94. The Morgan fingerprint density at radius 3 is 2.12 bits per heavy atom. The summed E-state index contributed by atoms with van der Waals surface area (Å²) in [5.74, 6) is -0.859. The quantitative estimate of drug-likeness (QED) is 0.560. The fraction of sp³-hybridized carbons (Fsp3) is 0.632. The standard InChI is InChI=1S/C19H30N2O4/c1-9-21-13(6)15(12(5)16(21)19(24)25-10-2)17(22)14(7)20(8)18(23)11(3)4/h11,14H,9-10H2,1-8H3. The molecule has 6 nitrogen and oxygen atoms in total. The van der Waals surface area contributed by atoms with Gasteiger partial charge in [-0.2, -0.15) is 0 Å². The van der Waals surface area contributed by atoms with Crippen LogP contribution in [0.1, 0.15) is 66.7 Å². The minimum atomic E-state index is -0.602. The summed E-state index contributed by atoms with van der Waals surface area (Å²) >= 11 is 0. The van der Waals surface area contributed by atoms with E-state index >= 15 is 0 Å². The Balaban J connectivity index is 3.36. The second kappa shape index (κ2) is 8.32. The lowest BCUT2D eigenvalue weighted by Crippen LogP contribution is -2.42. The molecule has 0 aromatic carbocycles. The number of hydrogen-bond acceptors (Lipinski definition) is 4. The zero-order valence-electron chi connectivity index (χ0n) is 16.6. The van der Waals surface area contributed by atoms with Gasteiger partial charge in [0, 0.05) is 30.8 Å². The maximum absolute atomic E-state index is 13.1. The lowest BCUT2D eigenvalue weighted by molar-refractivity contribution is -0.134. The Morgan fingerprint density at radius 1 is 1.12 bits per heavy atom. The lowest BCUT2D eigenvalue weighted by Gasteiger charge is -2.26. The summed E-state index contributed by atoms with van der Waals surface area (Å²) in [6.45, 7) is 13.4. The highest BCUT2D eigenvalue weighted by atomic mass is 16.5. The van der Waals surface area contributed by atoms with E-state index in [9.17, 15) is 14.4 Å². The Morgan fingerprint density at radius 2 is 1.68 bits per heavy atom. The predicted octanol–water partition coefficient (Wildman–Crippen LogP) is 2.99. The molecule has 1 rings (SSSR count). The van der Waals surface area contributed by atoms with E-state index in [2.05, 4.69) is 0 Å². The first-order valence-electron chi connectivity index (χ1n) is 8.77. The van der Waals surface area contributed by atoms with E-state index in [1.165, 1.54) is 4.90 Å². The molecule has 0 N–H and O–H groups in total. The van der Waals surface area contributed by atoms with Crippen molar-refractivity contribution < 1.29 is 19.1 Å². The van der Waals surface area contributed by atoms with Crippen molar-refractivity contribution in [1.29, 1.82) is 0 Å². The molecule has 1 unspecified atom stereocenters. The number of amides is 1. The van der Waals surface area contributed by atoms with Crippen molar-refractivity contribution in [3.63, 3.8) is 0 Å². The van der Waals surface area contributed by atoms with Gasteiger partial charge in [0.25, 0.3) is 0 Å². The van der Waals surface area contributed by atoms with Gasteiger partial charge in [0.15, 0.2) is 5.78 Å². The third kappa shape index (κ3) is 3.94. The first kappa shape index (κ1) is 20.9. The van der Waals surface area contributed by atoms with Crippen LogP contribution in [-0.4, -0.2) is 46.8 Å². The van der Waals surface area contributed by atoms with Crippen LogP contribution in [0.15, 0.2) is 0 Å². The van der Waals surface area contributed by atoms with E-state index in [4.69, 9.17) is 4.74 Å². The third-order valence-electron chi connectivity index (χ3n) is 4.60. The number of rotatable bonds is 7. The Hall–Kier alpha value is -2.11. The molecular weight excluding hydrogens is 320 g/mol. The molecule has 0 bridgehead atoms. The second-order valence-electron chi connectivity index (χ2n) is 6.54. The molecule has 0 spiro atoms. The average Bonchev–Trinajstić information content (AvgIpc) is 2.82. The number of aromatic nitrogens is 1. The summed E-state index contributed by atoms with van der Waals surface area (Å²) in [5, 5.41) is 0. The van der Waals surface area contributed by atoms with Crippen molar-refractivity contribution in [2.45, 2.75) is 61.1 Å². The highest BCUT2D eigenvalue weighted by Gasteiger charge is 2.31. The summed E-state index contributed by atoms with van der Waals surface area (Å²) in [4.78, 5) is 39.1. The average molecular weight is 350 g/mol. The van der Waals surface area contributed by atoms with E-state index in [-0.39, 0.29) is 24.2 Å². The van der Waals surface area contributed by atoms with Gasteiger partial charge in [-0.25, -0.2) is 4.79 Å². The number of ketones is 1. The largest absolute Gasteiger partial charge is 0.461 e. The van der Waals surface area contributed by atoms with Crippen LogP contribution in [-0.2, 0) is 16.1 Å². The van der Waals surface area contributed by atoms with Gasteiger partial charge in [0.2, 0.25) is 5.91 Å². The molecule has 140 valence electrons. The number of hydrogen-bond donors (Lipinski definition) is 0. The minimum Gasteiger partial charge on any atom is -0.461 e. The molecule has 0 fully saturated rings. The summed E-state index contributed by atoms with van der Waals surface area (Å²) in [6.07, 6.45) is 0. The number of likely N-dealkylation sites (N-methyl/N-ethyl adjacent to an activating group) is 1. The van der Waals surface area contributed by atoms with E-state index in [0.29, 0.717) is 23.4 Å². The predicted molar refractivity (Wildman–Crippen MR) is 96.9 cm³/mol. The van der Waals surface area contributed by atoms with Crippen LogP contribution in [0.4, 0.5) is 0 Å². The SMILES string of the molecule is CCOC(=O)c1c(C)c(C(=O)C(C)N(C)C(=O)C(C)C)c(C)n1CC. The maximum Gasteiger partial charge on any atom is 0.355 e. The molecule has 6 heteroatoms. The monoisotopic (exact) mass is 350 g/mol. The summed E-state index contributed by atoms with van der Waals surface area (Å²) in [7, 11) is 1.64. The van der Waals surface area contributed by atoms with Gasteiger partial charge in [-0.3, -0.25) is 9.59 Å². The number of nitrogens with zero attached hydrogens (tertiary/aromatic N) is 2. The van der Waals surface area contributed by atoms with Crippen LogP contribution in [0.25, 0.3) is 0 Å². The van der Waals surface area contributed by atoms with Gasteiger partial charge in [-0.1, -0.05) is 13.8 Å². The minimum absolute atomic E-state index is 0.0864. The molecule has 0 aliphatic heterocycles. The lowest BCUT2D eigenvalue weighted by atomic mass is 9.99. The summed E-state index contributed by atoms with van der Waals surface area (Å²) in [6, 6.07) is -0.602. The first-order valence-corrected chi connectivity index (χ1v) is 8.77. The number of carbonyl (C=O) groups is 3. The van der Waals surface area contributed by atoms with E-state index in [1.54, 1.807) is 46.2 Å². The molecule has 1 aromatic heterocycles. The molecule has 1 heterocycles. The molecule has 0 radical (unpaired) electrons. The highest BCUT2D eigenvalue weighted by Crippen LogP contribution is 2.25. The Bertz CT molecular complexity index is 673. The second-order valence-corrected chi connectivity index (χ2v) is 6.54. The van der Waals surface area contributed by atoms with Crippen molar-refractivity contribution in [3.05, 3.63) is 22.5 Å². The number of Topliss-reactive ketones (excluding diaryl/α,β-unsaturated/α-hetero) is 1. The number of ether oxygens (including phenoxy) is 1. The van der Waals surface area contributed by atoms with E-state index in [0.717, 1.165) is 5.69 Å². The van der Waals surface area contributed by atoms with Crippen LogP contribution >= 0.6 is 0 Å². The van der Waals surface area contributed by atoms with Gasteiger partial charge >= 0.3 is 5.97 Å². The van der Waals surface area contributed by atoms with Crippen LogP contribution < -0.4 is 0 Å². The van der Waals surface area contributed by atoms with Crippen LogP contribution in [0.2, 0.25) is 0 Å². The fourth-order valence-electron chi connectivity index (χ4n) is 3.10. The van der Waals surface area contributed by atoms with E-state index in [1.807, 2.05) is 13.8 Å². The normalized spacial score (nSPS) is 12.2. The van der Waals surface area contributed by atoms with Gasteiger partial charge < -0.3 is 14.2 Å². The van der Waals surface area contributed by atoms with Crippen molar-refractivity contribution in [2.75, 3.05) is 13.7 Å². The molecule has 1 amide bonds. The fourth-order valence-corrected chi connectivity index (χ4v) is 3.10. The topological polar surface area (TPSA) is 68.6 Å². The smallest absolute Gasteiger partial charge is 0.355 e. The number of carbonyl (C=O) groups excluding carboxylic acids is 3. The van der Waals surface area contributed by atoms with Crippen molar-refractivity contribution in [2.24, 2.45) is 5.92 Å². The van der Waals surface area contributed by atoms with Crippen LogP contribution in [0.3, 0.4) is 0 Å². The van der Waals surface area contributed by atoms with Crippen molar-refractivity contribution in [3.8, 4) is 0 Å². The molecule has 0 saturated heterocycles. The molecule has 0 aliphatic carbocycles. The zero-order chi connectivity index (χ0) is 19.5. The first-order chi connectivity index (χ1) is 11.6. The molecular formula is C19H30N2O4. The Labute approximate surface area is 150 Å². The molecule has 1 aromatic rings. The van der Waals surface area contributed by atoms with Crippen LogP contribution in [0.5, 0.6) is 0 Å². The van der Waals surface area contributed by atoms with Gasteiger partial charge in [-0.15, -0.1) is 0 Å². The van der Waals surface area contributed by atoms with Gasteiger partial charge in [-0.05, 0) is 40.2 Å². The highest BCUT2D eigenvalue weighted by molar-refractivity contribution is 6.06. The molecule has 1 atom stereocenters. The van der Waals surface area contributed by atoms with Gasteiger partial charge in [0.1, 0.15) is 5.69 Å².